The van der Waals surface area contributed by atoms with Crippen LogP contribution in [0.1, 0.15) is 54.6 Å². The Labute approximate surface area is 137 Å². The predicted molar refractivity (Wildman–Crippen MR) is 88.0 cm³/mol. The van der Waals surface area contributed by atoms with Crippen LogP contribution in [0, 0.1) is 12.8 Å². The van der Waals surface area contributed by atoms with Crippen LogP contribution >= 0.6 is 0 Å². The highest BCUT2D eigenvalue weighted by Gasteiger charge is 2.28. The topological polar surface area (TPSA) is 62.3 Å². The third-order valence-electron chi connectivity index (χ3n) is 4.95. The van der Waals surface area contributed by atoms with Crippen molar-refractivity contribution in [2.75, 3.05) is 13.1 Å². The van der Waals surface area contributed by atoms with Gasteiger partial charge in [-0.1, -0.05) is 12.8 Å². The number of nitrogens with zero attached hydrogens (tertiary/aromatic N) is 2. The Morgan fingerprint density at radius 1 is 1.26 bits per heavy atom. The summed E-state index contributed by atoms with van der Waals surface area (Å²) in [6.45, 7) is 3.20. The highest BCUT2D eigenvalue weighted by atomic mass is 16.2. The van der Waals surface area contributed by atoms with Gasteiger partial charge < -0.3 is 10.2 Å². The van der Waals surface area contributed by atoms with E-state index in [-0.39, 0.29) is 17.9 Å². The van der Waals surface area contributed by atoms with Crippen molar-refractivity contribution in [3.63, 3.8) is 0 Å². The Hall–Kier alpha value is -1.91. The Balaban J connectivity index is 1.48. The molecular weight excluding hydrogens is 290 g/mol. The zero-order valence-electron chi connectivity index (χ0n) is 13.8. The van der Waals surface area contributed by atoms with Crippen molar-refractivity contribution in [1.29, 1.82) is 0 Å². The minimum atomic E-state index is 0.00467. The van der Waals surface area contributed by atoms with Gasteiger partial charge in [0.05, 0.1) is 5.56 Å². The summed E-state index contributed by atoms with van der Waals surface area (Å²) >= 11 is 0. The number of hydrogen-bond acceptors (Lipinski definition) is 3. The van der Waals surface area contributed by atoms with Crippen LogP contribution in [0.15, 0.2) is 18.3 Å². The maximum Gasteiger partial charge on any atom is 0.255 e. The van der Waals surface area contributed by atoms with Crippen molar-refractivity contribution in [1.82, 2.24) is 15.2 Å². The maximum atomic E-state index is 12.4. The Morgan fingerprint density at radius 2 is 2.04 bits per heavy atom. The SMILES string of the molecule is Cc1ccc(C(=O)N2CC[C@@H](NC(=O)CC3CCCC3)C2)cn1. The summed E-state index contributed by atoms with van der Waals surface area (Å²) in [5.41, 5.74) is 1.52. The summed E-state index contributed by atoms with van der Waals surface area (Å²) in [6, 6.07) is 3.76. The summed E-state index contributed by atoms with van der Waals surface area (Å²) in [5.74, 6) is 0.714. The standard InChI is InChI=1S/C18H25N3O2/c1-13-6-7-15(11-19-13)18(23)21-9-8-16(12-21)20-17(22)10-14-4-2-3-5-14/h6-7,11,14,16H,2-5,8-10,12H2,1H3,(H,20,22)/t16-/m1/s1. The van der Waals surface area contributed by atoms with Gasteiger partial charge in [0.1, 0.15) is 0 Å². The molecule has 0 radical (unpaired) electrons. The second-order valence-corrected chi connectivity index (χ2v) is 6.85. The van der Waals surface area contributed by atoms with Gasteiger partial charge in [-0.15, -0.1) is 0 Å². The zero-order valence-corrected chi connectivity index (χ0v) is 13.8. The molecule has 2 heterocycles. The third kappa shape index (κ3) is 4.09. The van der Waals surface area contributed by atoms with Gasteiger partial charge in [-0.05, 0) is 44.2 Å². The molecule has 2 amide bonds. The van der Waals surface area contributed by atoms with Gasteiger partial charge >= 0.3 is 0 Å². The van der Waals surface area contributed by atoms with E-state index in [2.05, 4.69) is 10.3 Å². The van der Waals surface area contributed by atoms with Crippen molar-refractivity contribution >= 4 is 11.8 Å². The molecule has 0 spiro atoms. The molecule has 1 aliphatic carbocycles. The number of carbonyl (C=O) groups excluding carboxylic acids is 2. The molecule has 0 unspecified atom stereocenters. The lowest BCUT2D eigenvalue weighted by molar-refractivity contribution is -0.122. The fourth-order valence-electron chi connectivity index (χ4n) is 3.60. The van der Waals surface area contributed by atoms with E-state index in [1.807, 2.05) is 24.0 Å². The number of carbonyl (C=O) groups is 2. The van der Waals surface area contributed by atoms with Crippen molar-refractivity contribution in [2.24, 2.45) is 5.92 Å². The van der Waals surface area contributed by atoms with Crippen molar-refractivity contribution in [3.8, 4) is 0 Å². The van der Waals surface area contributed by atoms with E-state index in [1.165, 1.54) is 25.7 Å². The molecule has 2 aliphatic rings. The monoisotopic (exact) mass is 315 g/mol. The molecule has 1 aromatic heterocycles. The van der Waals surface area contributed by atoms with E-state index in [1.54, 1.807) is 6.20 Å². The van der Waals surface area contributed by atoms with Crippen LogP contribution < -0.4 is 5.32 Å². The number of nitrogens with one attached hydrogen (secondary N) is 1. The Bertz CT molecular complexity index is 564. The second kappa shape index (κ2) is 7.11. The summed E-state index contributed by atoms with van der Waals surface area (Å²) in [5, 5.41) is 3.10. The third-order valence-corrected chi connectivity index (χ3v) is 4.95. The summed E-state index contributed by atoms with van der Waals surface area (Å²) in [7, 11) is 0. The van der Waals surface area contributed by atoms with E-state index < -0.39 is 0 Å². The molecule has 0 bridgehead atoms. The van der Waals surface area contributed by atoms with Crippen LogP contribution in [0.2, 0.25) is 0 Å². The van der Waals surface area contributed by atoms with Gasteiger partial charge in [0, 0.05) is 37.4 Å². The van der Waals surface area contributed by atoms with Crippen LogP contribution in [0.5, 0.6) is 0 Å². The fourth-order valence-corrected chi connectivity index (χ4v) is 3.60. The molecule has 1 aliphatic heterocycles. The molecule has 1 N–H and O–H groups in total. The first-order valence-corrected chi connectivity index (χ1v) is 8.63. The van der Waals surface area contributed by atoms with E-state index in [0.29, 0.717) is 31.0 Å². The molecule has 124 valence electrons. The smallest absolute Gasteiger partial charge is 0.255 e. The minimum Gasteiger partial charge on any atom is -0.352 e. The first-order chi connectivity index (χ1) is 11.1. The van der Waals surface area contributed by atoms with Gasteiger partial charge in [-0.25, -0.2) is 0 Å². The molecule has 2 fully saturated rings. The van der Waals surface area contributed by atoms with Gasteiger partial charge in [0.15, 0.2) is 0 Å². The van der Waals surface area contributed by atoms with Crippen LogP contribution in [0.3, 0.4) is 0 Å². The first-order valence-electron chi connectivity index (χ1n) is 8.63. The lowest BCUT2D eigenvalue weighted by atomic mass is 10.0. The molecule has 5 nitrogen and oxygen atoms in total. The first kappa shape index (κ1) is 16.0. The molecule has 1 aromatic rings. The highest BCUT2D eigenvalue weighted by Crippen LogP contribution is 2.27. The number of hydrogen-bond donors (Lipinski definition) is 1. The molecule has 1 atom stereocenters. The number of likely N-dealkylation sites (tertiary alicyclic amines) is 1. The van der Waals surface area contributed by atoms with E-state index >= 15 is 0 Å². The van der Waals surface area contributed by atoms with Gasteiger partial charge in [-0.2, -0.15) is 0 Å². The van der Waals surface area contributed by atoms with Crippen LogP contribution in [-0.2, 0) is 4.79 Å². The predicted octanol–water partition coefficient (Wildman–Crippen LogP) is 2.30. The molecule has 1 saturated heterocycles. The van der Waals surface area contributed by atoms with Crippen LogP contribution in [-0.4, -0.2) is 40.8 Å². The van der Waals surface area contributed by atoms with E-state index in [9.17, 15) is 9.59 Å². The van der Waals surface area contributed by atoms with Crippen molar-refractivity contribution < 1.29 is 9.59 Å². The number of aromatic nitrogens is 1. The normalized spacial score (nSPS) is 21.6. The quantitative estimate of drug-likeness (QED) is 0.927. The molecule has 5 heteroatoms. The highest BCUT2D eigenvalue weighted by molar-refractivity contribution is 5.94. The molecular formula is C18H25N3O2. The largest absolute Gasteiger partial charge is 0.352 e. The van der Waals surface area contributed by atoms with Crippen LogP contribution in [0.25, 0.3) is 0 Å². The van der Waals surface area contributed by atoms with E-state index in [4.69, 9.17) is 0 Å². The lowest BCUT2D eigenvalue weighted by Crippen LogP contribution is -2.39. The minimum absolute atomic E-state index is 0.00467. The molecule has 1 saturated carbocycles. The zero-order chi connectivity index (χ0) is 16.2. The van der Waals surface area contributed by atoms with Gasteiger partial charge in [0.25, 0.3) is 5.91 Å². The van der Waals surface area contributed by atoms with Gasteiger partial charge in [-0.3, -0.25) is 14.6 Å². The number of pyridine rings is 1. The van der Waals surface area contributed by atoms with Gasteiger partial charge in [0.2, 0.25) is 5.91 Å². The van der Waals surface area contributed by atoms with Crippen molar-refractivity contribution in [3.05, 3.63) is 29.6 Å². The second-order valence-electron chi connectivity index (χ2n) is 6.85. The summed E-state index contributed by atoms with van der Waals surface area (Å²) in [6.07, 6.45) is 7.99. The molecule has 0 aromatic carbocycles. The van der Waals surface area contributed by atoms with E-state index in [0.717, 1.165) is 12.1 Å². The summed E-state index contributed by atoms with van der Waals surface area (Å²) < 4.78 is 0. The fraction of sp³-hybridized carbons (Fsp3) is 0.611. The molecule has 3 rings (SSSR count). The van der Waals surface area contributed by atoms with Crippen LogP contribution in [0.4, 0.5) is 0 Å². The average molecular weight is 315 g/mol. The Morgan fingerprint density at radius 3 is 2.74 bits per heavy atom. The molecule has 23 heavy (non-hydrogen) atoms. The average Bonchev–Trinajstić information content (AvgIpc) is 3.19. The van der Waals surface area contributed by atoms with Crippen molar-refractivity contribution in [2.45, 2.75) is 51.5 Å². The number of rotatable bonds is 4. The lowest BCUT2D eigenvalue weighted by Gasteiger charge is -2.18. The number of aryl methyl sites for hydroxylation is 1. The summed E-state index contributed by atoms with van der Waals surface area (Å²) in [4.78, 5) is 30.5. The Kier molecular flexibility index (Phi) is 4.94. The maximum absolute atomic E-state index is 12.4. The number of amides is 2.